The van der Waals surface area contributed by atoms with E-state index < -0.39 is 11.6 Å². The predicted molar refractivity (Wildman–Crippen MR) is 109 cm³/mol. The molecule has 1 saturated carbocycles. The van der Waals surface area contributed by atoms with E-state index >= 15 is 0 Å². The number of hydrogen-bond acceptors (Lipinski definition) is 5. The number of rotatable bonds is 5. The molecular weight excluding hydrogens is 366 g/mol. The molecule has 2 fully saturated rings. The van der Waals surface area contributed by atoms with Crippen LogP contribution in [0.1, 0.15) is 36.8 Å². The average molecular weight is 393 g/mol. The van der Waals surface area contributed by atoms with E-state index in [9.17, 15) is 9.90 Å². The van der Waals surface area contributed by atoms with Gasteiger partial charge in [-0.15, -0.1) is 0 Å². The summed E-state index contributed by atoms with van der Waals surface area (Å²) in [7, 11) is 0. The number of carbonyl (C=O) groups is 1. The fraction of sp³-hybridized carbons (Fsp3) is 0.458. The number of ether oxygens (including phenoxy) is 2. The zero-order valence-electron chi connectivity index (χ0n) is 16.5. The molecule has 2 aromatic rings. The molecule has 0 atom stereocenters. The maximum absolute atomic E-state index is 13.2. The summed E-state index contributed by atoms with van der Waals surface area (Å²) in [5.74, 6) is 1.61. The van der Waals surface area contributed by atoms with Crippen LogP contribution in [0.15, 0.2) is 48.5 Å². The van der Waals surface area contributed by atoms with Crippen LogP contribution in [0.5, 0.6) is 11.5 Å². The Kier molecular flexibility index (Phi) is 4.80. The Morgan fingerprint density at radius 2 is 1.55 bits per heavy atom. The minimum absolute atomic E-state index is 0.350. The first-order valence-electron chi connectivity index (χ1n) is 10.6. The second-order valence-corrected chi connectivity index (χ2v) is 8.59. The van der Waals surface area contributed by atoms with Crippen molar-refractivity contribution in [1.82, 2.24) is 4.90 Å². The van der Waals surface area contributed by atoms with Gasteiger partial charge >= 0.3 is 5.97 Å². The summed E-state index contributed by atoms with van der Waals surface area (Å²) in [6.07, 6.45) is 4.83. The minimum atomic E-state index is -1.85. The summed E-state index contributed by atoms with van der Waals surface area (Å²) < 4.78 is 11.6. The number of nitrogens with zero attached hydrogens (tertiary/aromatic N) is 1. The lowest BCUT2D eigenvalue weighted by Gasteiger charge is -2.35. The average Bonchev–Trinajstić information content (AvgIpc) is 3.57. The first-order valence-corrected chi connectivity index (χ1v) is 10.6. The van der Waals surface area contributed by atoms with Crippen LogP contribution in [0.3, 0.4) is 0 Å². The summed E-state index contributed by atoms with van der Waals surface area (Å²) in [6, 6.07) is 14.2. The standard InChI is InChI=1S/C24H27NO4/c26-23(28-16-18-11-13-25(14-12-18)15-17-9-10-17)24(27)19-5-1-3-7-21(19)29-22-8-4-2-6-20(22)24/h1-8,17-18,27H,9-16H2. The molecule has 29 heavy (non-hydrogen) atoms. The van der Waals surface area contributed by atoms with Crippen molar-refractivity contribution < 1.29 is 19.4 Å². The van der Waals surface area contributed by atoms with E-state index in [1.54, 1.807) is 36.4 Å². The van der Waals surface area contributed by atoms with Crippen molar-refractivity contribution in [2.24, 2.45) is 11.8 Å². The second kappa shape index (κ2) is 7.47. The van der Waals surface area contributed by atoms with Gasteiger partial charge in [0.2, 0.25) is 5.60 Å². The molecule has 5 heteroatoms. The number of likely N-dealkylation sites (tertiary alicyclic amines) is 1. The summed E-state index contributed by atoms with van der Waals surface area (Å²) in [6.45, 7) is 3.72. The van der Waals surface area contributed by atoms with Crippen LogP contribution in [0.25, 0.3) is 0 Å². The van der Waals surface area contributed by atoms with Gasteiger partial charge in [-0.1, -0.05) is 36.4 Å². The van der Waals surface area contributed by atoms with Crippen LogP contribution in [-0.4, -0.2) is 42.2 Å². The Hall–Kier alpha value is -2.37. The van der Waals surface area contributed by atoms with Crippen molar-refractivity contribution >= 4 is 5.97 Å². The number of para-hydroxylation sites is 2. The maximum atomic E-state index is 13.2. The van der Waals surface area contributed by atoms with Gasteiger partial charge in [0, 0.05) is 17.7 Å². The Balaban J connectivity index is 1.29. The summed E-state index contributed by atoms with van der Waals surface area (Å²) in [5, 5.41) is 11.6. The van der Waals surface area contributed by atoms with Crippen molar-refractivity contribution in [3.63, 3.8) is 0 Å². The number of hydrogen-bond donors (Lipinski definition) is 1. The second-order valence-electron chi connectivity index (χ2n) is 8.59. The smallest absolute Gasteiger partial charge is 0.348 e. The van der Waals surface area contributed by atoms with Gasteiger partial charge in [-0.05, 0) is 62.7 Å². The van der Waals surface area contributed by atoms with Gasteiger partial charge in [0.15, 0.2) is 0 Å². The van der Waals surface area contributed by atoms with Gasteiger partial charge < -0.3 is 19.5 Å². The normalized spacial score (nSPS) is 21.0. The number of piperidine rings is 1. The van der Waals surface area contributed by atoms with Gasteiger partial charge in [0.1, 0.15) is 11.5 Å². The zero-order chi connectivity index (χ0) is 19.8. The van der Waals surface area contributed by atoms with Gasteiger partial charge in [0.05, 0.1) is 6.61 Å². The number of fused-ring (bicyclic) bond motifs is 2. The monoisotopic (exact) mass is 393 g/mol. The number of benzene rings is 2. The molecule has 0 bridgehead atoms. The molecule has 0 aromatic heterocycles. The highest BCUT2D eigenvalue weighted by Gasteiger charge is 2.48. The molecule has 5 rings (SSSR count). The van der Waals surface area contributed by atoms with Crippen LogP contribution in [0.4, 0.5) is 0 Å². The van der Waals surface area contributed by atoms with Crippen molar-refractivity contribution in [2.45, 2.75) is 31.3 Å². The molecule has 0 unspecified atom stereocenters. The van der Waals surface area contributed by atoms with Gasteiger partial charge in [-0.3, -0.25) is 0 Å². The third kappa shape index (κ3) is 3.53. The largest absolute Gasteiger partial charge is 0.463 e. The van der Waals surface area contributed by atoms with Crippen LogP contribution in [-0.2, 0) is 15.1 Å². The van der Waals surface area contributed by atoms with E-state index in [1.165, 1.54) is 19.4 Å². The van der Waals surface area contributed by atoms with E-state index in [1.807, 2.05) is 12.1 Å². The Labute approximate surface area is 171 Å². The van der Waals surface area contributed by atoms with Crippen LogP contribution in [0, 0.1) is 11.8 Å². The molecule has 3 aliphatic rings. The van der Waals surface area contributed by atoms with Crippen LogP contribution in [0.2, 0.25) is 0 Å². The molecule has 5 nitrogen and oxygen atoms in total. The third-order valence-corrected chi connectivity index (χ3v) is 6.44. The molecule has 1 saturated heterocycles. The molecule has 0 amide bonds. The maximum Gasteiger partial charge on any atom is 0.348 e. The van der Waals surface area contributed by atoms with Gasteiger partial charge in [0.25, 0.3) is 0 Å². The number of carbonyl (C=O) groups excluding carboxylic acids is 1. The van der Waals surface area contributed by atoms with Crippen LogP contribution < -0.4 is 4.74 Å². The summed E-state index contributed by atoms with van der Waals surface area (Å²) >= 11 is 0. The van der Waals surface area contributed by atoms with E-state index in [0.717, 1.165) is 31.8 Å². The summed E-state index contributed by atoms with van der Waals surface area (Å²) in [5.41, 5.74) is -0.983. The molecule has 0 radical (unpaired) electrons. The highest BCUT2D eigenvalue weighted by Crippen LogP contribution is 2.47. The molecule has 1 N–H and O–H groups in total. The topological polar surface area (TPSA) is 59.0 Å². The van der Waals surface area contributed by atoms with E-state index in [4.69, 9.17) is 9.47 Å². The highest BCUT2D eigenvalue weighted by molar-refractivity contribution is 5.88. The Morgan fingerprint density at radius 1 is 0.966 bits per heavy atom. The Bertz CT molecular complexity index is 854. The first-order chi connectivity index (χ1) is 14.1. The third-order valence-electron chi connectivity index (χ3n) is 6.44. The summed E-state index contributed by atoms with van der Waals surface area (Å²) in [4.78, 5) is 15.7. The quantitative estimate of drug-likeness (QED) is 0.785. The van der Waals surface area contributed by atoms with Crippen molar-refractivity contribution in [2.75, 3.05) is 26.2 Å². The number of aliphatic hydroxyl groups is 1. The zero-order valence-corrected chi connectivity index (χ0v) is 16.5. The van der Waals surface area contributed by atoms with Gasteiger partial charge in [-0.25, -0.2) is 4.79 Å². The lowest BCUT2D eigenvalue weighted by atomic mass is 9.83. The Morgan fingerprint density at radius 3 is 2.14 bits per heavy atom. The lowest BCUT2D eigenvalue weighted by molar-refractivity contribution is -0.164. The van der Waals surface area contributed by atoms with Crippen molar-refractivity contribution in [3.05, 3.63) is 59.7 Å². The molecule has 2 aromatic carbocycles. The molecular formula is C24H27NO4. The van der Waals surface area contributed by atoms with Crippen molar-refractivity contribution in [3.8, 4) is 11.5 Å². The minimum Gasteiger partial charge on any atom is -0.463 e. The van der Waals surface area contributed by atoms with E-state index in [-0.39, 0.29) is 0 Å². The molecule has 1 aliphatic carbocycles. The molecule has 2 heterocycles. The molecule has 0 spiro atoms. The van der Waals surface area contributed by atoms with Crippen molar-refractivity contribution in [1.29, 1.82) is 0 Å². The molecule has 2 aliphatic heterocycles. The van der Waals surface area contributed by atoms with E-state index in [2.05, 4.69) is 4.90 Å². The molecule has 152 valence electrons. The fourth-order valence-corrected chi connectivity index (χ4v) is 4.49. The van der Waals surface area contributed by atoms with E-state index in [0.29, 0.717) is 35.2 Å². The SMILES string of the molecule is O=C(OCC1CCN(CC2CC2)CC1)C1(O)c2ccccc2Oc2ccccc21. The van der Waals surface area contributed by atoms with Gasteiger partial charge in [-0.2, -0.15) is 0 Å². The van der Waals surface area contributed by atoms with Crippen LogP contribution >= 0.6 is 0 Å². The number of esters is 1. The fourth-order valence-electron chi connectivity index (χ4n) is 4.49. The predicted octanol–water partition coefficient (Wildman–Crippen LogP) is 3.69. The highest BCUT2D eigenvalue weighted by atomic mass is 16.6. The first kappa shape index (κ1) is 18.6. The lowest BCUT2D eigenvalue weighted by Crippen LogP contribution is -2.42.